The quantitative estimate of drug-likeness (QED) is 0.393. The fourth-order valence-electron chi connectivity index (χ4n) is 8.13. The molecule has 1 aromatic carbocycles. The summed E-state index contributed by atoms with van der Waals surface area (Å²) in [5.74, 6) is 0.117. The minimum absolute atomic E-state index is 0.0464. The van der Waals surface area contributed by atoms with Crippen molar-refractivity contribution < 1.29 is 31.1 Å². The SMILES string of the molecule is Cc1cccc(C)c1C1CC2NC(N1)NS(=O)(=O)C1CCCC(C1)CN(C1CC(C)(OC(F)(F)F)C1)[C@H](CC(C)(C)C)CO2. The van der Waals surface area contributed by atoms with Crippen LogP contribution in [0.1, 0.15) is 102 Å². The van der Waals surface area contributed by atoms with Gasteiger partial charge in [-0.25, -0.2) is 8.42 Å². The van der Waals surface area contributed by atoms with Crippen LogP contribution in [0.4, 0.5) is 13.2 Å². The number of sulfonamides is 1. The zero-order chi connectivity index (χ0) is 32.1. The van der Waals surface area contributed by atoms with Crippen LogP contribution in [0.3, 0.4) is 0 Å². The van der Waals surface area contributed by atoms with Crippen molar-refractivity contribution >= 4 is 10.0 Å². The molecule has 2 saturated heterocycles. The van der Waals surface area contributed by atoms with Gasteiger partial charge in [0.25, 0.3) is 0 Å². The second-order valence-corrected chi connectivity index (χ2v) is 17.2. The van der Waals surface area contributed by atoms with Crippen LogP contribution < -0.4 is 15.4 Å². The molecule has 2 aliphatic heterocycles. The maximum Gasteiger partial charge on any atom is 0.523 e. The van der Waals surface area contributed by atoms with Gasteiger partial charge in [0.15, 0.2) is 0 Å². The van der Waals surface area contributed by atoms with Crippen molar-refractivity contribution in [3.63, 3.8) is 0 Å². The zero-order valence-electron chi connectivity index (χ0n) is 27.0. The molecule has 12 heteroatoms. The first kappa shape index (κ1) is 34.1. The molecule has 4 bridgehead atoms. The highest BCUT2D eigenvalue weighted by molar-refractivity contribution is 7.90. The van der Waals surface area contributed by atoms with Crippen LogP contribution >= 0.6 is 0 Å². The predicted octanol–water partition coefficient (Wildman–Crippen LogP) is 5.61. The van der Waals surface area contributed by atoms with Crippen LogP contribution in [0.5, 0.6) is 0 Å². The third kappa shape index (κ3) is 8.35. The second kappa shape index (κ2) is 12.7. The third-order valence-corrected chi connectivity index (χ3v) is 11.8. The van der Waals surface area contributed by atoms with Crippen molar-refractivity contribution in [2.45, 2.75) is 141 Å². The van der Waals surface area contributed by atoms with Crippen molar-refractivity contribution in [3.05, 3.63) is 34.9 Å². The summed E-state index contributed by atoms with van der Waals surface area (Å²) in [7, 11) is -3.68. The van der Waals surface area contributed by atoms with Crippen LogP contribution in [-0.2, 0) is 19.5 Å². The maximum atomic E-state index is 13.8. The lowest BCUT2D eigenvalue weighted by atomic mass is 9.74. The van der Waals surface area contributed by atoms with Crippen LogP contribution in [0.2, 0.25) is 0 Å². The largest absolute Gasteiger partial charge is 0.523 e. The van der Waals surface area contributed by atoms with Crippen molar-refractivity contribution in [2.24, 2.45) is 11.3 Å². The minimum Gasteiger partial charge on any atom is -0.362 e. The molecular weight excluding hydrogens is 593 g/mol. The summed E-state index contributed by atoms with van der Waals surface area (Å²) in [5.41, 5.74) is 2.08. The van der Waals surface area contributed by atoms with E-state index < -0.39 is 39.8 Å². The lowest BCUT2D eigenvalue weighted by Crippen LogP contribution is -2.64. The molecule has 0 radical (unpaired) electrons. The Morgan fingerprint density at radius 2 is 1.75 bits per heavy atom. The van der Waals surface area contributed by atoms with E-state index >= 15 is 0 Å². The van der Waals surface area contributed by atoms with Gasteiger partial charge < -0.3 is 4.74 Å². The van der Waals surface area contributed by atoms with Crippen molar-refractivity contribution in [2.75, 3.05) is 13.2 Å². The Bertz CT molecular complexity index is 1240. The van der Waals surface area contributed by atoms with E-state index in [0.29, 0.717) is 32.4 Å². The number of benzene rings is 1. The molecule has 5 unspecified atom stereocenters. The summed E-state index contributed by atoms with van der Waals surface area (Å²) in [4.78, 5) is 2.35. The topological polar surface area (TPSA) is 91.9 Å². The smallest absolute Gasteiger partial charge is 0.362 e. The average Bonchev–Trinajstić information content (AvgIpc) is 2.86. The first-order chi connectivity index (χ1) is 20.4. The Labute approximate surface area is 261 Å². The monoisotopic (exact) mass is 644 g/mol. The normalized spacial score (nSPS) is 37.2. The highest BCUT2D eigenvalue weighted by Crippen LogP contribution is 2.45. The average molecular weight is 645 g/mol. The Morgan fingerprint density at radius 1 is 1.07 bits per heavy atom. The number of hydrogen-bond acceptors (Lipinski definition) is 7. The Hall–Kier alpha value is -1.28. The van der Waals surface area contributed by atoms with E-state index in [1.54, 1.807) is 0 Å². The van der Waals surface area contributed by atoms with Gasteiger partial charge >= 0.3 is 6.36 Å². The molecule has 5 rings (SSSR count). The molecule has 8 nitrogen and oxygen atoms in total. The zero-order valence-corrected chi connectivity index (χ0v) is 27.8. The summed E-state index contributed by atoms with van der Waals surface area (Å²) in [6.07, 6.45) is -1.09. The number of nitrogens with zero attached hydrogens (tertiary/aromatic N) is 1. The molecule has 2 heterocycles. The fraction of sp³-hybridized carbons (Fsp3) is 0.812. The molecular formula is C32H51F3N4O4S. The number of ether oxygens (including phenoxy) is 2. The minimum atomic E-state index is -4.69. The van der Waals surface area contributed by atoms with Crippen molar-refractivity contribution in [3.8, 4) is 0 Å². The Morgan fingerprint density at radius 3 is 2.39 bits per heavy atom. The number of aryl methyl sites for hydroxylation is 2. The highest BCUT2D eigenvalue weighted by atomic mass is 32.2. The molecule has 2 saturated carbocycles. The summed E-state index contributed by atoms with van der Waals surface area (Å²) >= 11 is 0. The Balaban J connectivity index is 1.47. The predicted molar refractivity (Wildman–Crippen MR) is 164 cm³/mol. The molecule has 6 atom stereocenters. The van der Waals surface area contributed by atoms with Gasteiger partial charge in [0.1, 0.15) is 12.5 Å². The number of fused-ring (bicyclic) bond motifs is 4. The molecule has 2 aliphatic carbocycles. The van der Waals surface area contributed by atoms with E-state index in [9.17, 15) is 21.6 Å². The van der Waals surface area contributed by atoms with E-state index in [1.165, 1.54) is 6.92 Å². The van der Waals surface area contributed by atoms with Gasteiger partial charge in [-0.1, -0.05) is 45.4 Å². The van der Waals surface area contributed by atoms with Gasteiger partial charge in [0.05, 0.1) is 17.5 Å². The lowest BCUT2D eigenvalue weighted by molar-refractivity contribution is -0.380. The molecule has 250 valence electrons. The lowest BCUT2D eigenvalue weighted by Gasteiger charge is -2.53. The van der Waals surface area contributed by atoms with E-state index in [1.807, 2.05) is 6.07 Å². The molecule has 0 aromatic heterocycles. The first-order valence-electron chi connectivity index (χ1n) is 16.1. The molecule has 0 spiro atoms. The molecule has 4 fully saturated rings. The first-order valence-corrected chi connectivity index (χ1v) is 17.7. The molecule has 44 heavy (non-hydrogen) atoms. The Kier molecular flexibility index (Phi) is 9.85. The van der Waals surface area contributed by atoms with Gasteiger partial charge in [-0.05, 0) is 87.3 Å². The molecule has 1 aromatic rings. The summed E-state index contributed by atoms with van der Waals surface area (Å²) < 4.78 is 81.3. The van der Waals surface area contributed by atoms with Gasteiger partial charge in [0, 0.05) is 31.1 Å². The number of rotatable bonds is 4. The third-order valence-electron chi connectivity index (χ3n) is 9.96. The molecule has 0 amide bonds. The number of nitrogens with one attached hydrogen (secondary N) is 3. The van der Waals surface area contributed by atoms with E-state index in [2.05, 4.69) is 71.7 Å². The second-order valence-electron chi connectivity index (χ2n) is 15.2. The number of halogens is 3. The van der Waals surface area contributed by atoms with Gasteiger partial charge in [-0.2, -0.15) is 4.72 Å². The molecule has 4 aliphatic rings. The van der Waals surface area contributed by atoms with Crippen molar-refractivity contribution in [1.29, 1.82) is 0 Å². The molecule has 3 N–H and O–H groups in total. The van der Waals surface area contributed by atoms with Gasteiger partial charge in [-0.15, -0.1) is 13.2 Å². The van der Waals surface area contributed by atoms with E-state index in [-0.39, 0.29) is 42.3 Å². The van der Waals surface area contributed by atoms with Crippen LogP contribution in [0.15, 0.2) is 18.2 Å². The number of alkyl halides is 3. The highest BCUT2D eigenvalue weighted by Gasteiger charge is 2.52. The standard InChI is InChI=1S/C32H51F3N4O4S/c1-20-9-7-10-21(2)28(20)26-14-27-37-29(36-26)38-44(40,41)25-12-8-11-22(13-25)18-39(24(19-42-27)15-30(3,4)5)23-16-31(6,17-23)43-32(33,34)35/h7,9-10,22-27,29,36-38H,8,11-19H2,1-6H3/t22?,23?,24-,25?,26?,27?,29?,31?/m1/s1. The van der Waals surface area contributed by atoms with Crippen LogP contribution in [0, 0.1) is 25.2 Å². The summed E-state index contributed by atoms with van der Waals surface area (Å²) in [5, 5.41) is 6.34. The van der Waals surface area contributed by atoms with Gasteiger partial charge in [0.2, 0.25) is 10.0 Å². The van der Waals surface area contributed by atoms with E-state index in [0.717, 1.165) is 36.0 Å². The maximum absolute atomic E-state index is 13.8. The van der Waals surface area contributed by atoms with Crippen LogP contribution in [-0.4, -0.2) is 68.3 Å². The number of hydrogen-bond donors (Lipinski definition) is 3. The summed E-state index contributed by atoms with van der Waals surface area (Å²) in [6, 6.07) is 5.87. The van der Waals surface area contributed by atoms with Crippen molar-refractivity contribution in [1.82, 2.24) is 20.3 Å². The fourth-order valence-corrected chi connectivity index (χ4v) is 9.79. The van der Waals surface area contributed by atoms with E-state index in [4.69, 9.17) is 4.74 Å². The summed E-state index contributed by atoms with van der Waals surface area (Å²) in [6.45, 7) is 13.2. The van der Waals surface area contributed by atoms with Crippen LogP contribution in [0.25, 0.3) is 0 Å². The van der Waals surface area contributed by atoms with Gasteiger partial charge in [-0.3, -0.25) is 20.3 Å².